The summed E-state index contributed by atoms with van der Waals surface area (Å²) in [5.74, 6) is -0.350. The van der Waals surface area contributed by atoms with Crippen molar-refractivity contribution >= 4 is 40.7 Å². The molecule has 2 aromatic rings. The highest BCUT2D eigenvalue weighted by Crippen LogP contribution is 2.28. The number of benzene rings is 2. The van der Waals surface area contributed by atoms with Gasteiger partial charge in [-0.15, -0.1) is 0 Å². The summed E-state index contributed by atoms with van der Waals surface area (Å²) in [6, 6.07) is 10.1. The fourth-order valence-electron chi connectivity index (χ4n) is 3.23. The second kappa shape index (κ2) is 7.29. The summed E-state index contributed by atoms with van der Waals surface area (Å²) >= 11 is 12.1. The Hall–Kier alpha value is -2.04. The van der Waals surface area contributed by atoms with Crippen molar-refractivity contribution in [3.05, 3.63) is 63.1 Å². The first kappa shape index (κ1) is 18.7. The van der Waals surface area contributed by atoms with Crippen LogP contribution >= 0.6 is 23.2 Å². The van der Waals surface area contributed by atoms with Gasteiger partial charge in [0.05, 0.1) is 10.6 Å². The van der Waals surface area contributed by atoms with Crippen LogP contribution in [0.2, 0.25) is 10.0 Å². The van der Waals surface area contributed by atoms with Gasteiger partial charge in [-0.25, -0.2) is 0 Å². The summed E-state index contributed by atoms with van der Waals surface area (Å²) in [6.45, 7) is 6.67. The van der Waals surface area contributed by atoms with Gasteiger partial charge in [-0.05, 0) is 56.2 Å². The SMILES string of the molecule is Cc1cccc(N2CCN(C(=O)c3ccc(Cl)cc3Cl)[C@H](C)C2=O)c1C. The van der Waals surface area contributed by atoms with E-state index in [-0.39, 0.29) is 11.8 Å². The number of rotatable bonds is 2. The fourth-order valence-corrected chi connectivity index (χ4v) is 3.72. The Morgan fingerprint density at radius 1 is 1.12 bits per heavy atom. The van der Waals surface area contributed by atoms with Crippen molar-refractivity contribution in [1.82, 2.24) is 4.90 Å². The third kappa shape index (κ3) is 3.31. The van der Waals surface area contributed by atoms with Crippen LogP contribution in [0.4, 0.5) is 5.69 Å². The van der Waals surface area contributed by atoms with E-state index in [0.717, 1.165) is 16.8 Å². The van der Waals surface area contributed by atoms with E-state index in [2.05, 4.69) is 0 Å². The van der Waals surface area contributed by atoms with Crippen LogP contribution in [-0.4, -0.2) is 35.8 Å². The number of hydrogen-bond donors (Lipinski definition) is 0. The summed E-state index contributed by atoms with van der Waals surface area (Å²) in [5, 5.41) is 0.759. The van der Waals surface area contributed by atoms with E-state index in [1.54, 1.807) is 28.9 Å². The molecule has 2 amide bonds. The molecular weight excluding hydrogens is 371 g/mol. The molecule has 26 heavy (non-hydrogen) atoms. The lowest BCUT2D eigenvalue weighted by Crippen LogP contribution is -2.58. The number of piperazine rings is 1. The maximum atomic E-state index is 13.0. The molecule has 0 spiro atoms. The zero-order valence-corrected chi connectivity index (χ0v) is 16.4. The summed E-state index contributed by atoms with van der Waals surface area (Å²) in [6.07, 6.45) is 0. The second-order valence-electron chi connectivity index (χ2n) is 6.51. The van der Waals surface area contributed by atoms with Crippen LogP contribution in [0.25, 0.3) is 0 Å². The van der Waals surface area contributed by atoms with Crippen molar-refractivity contribution in [3.63, 3.8) is 0 Å². The first-order chi connectivity index (χ1) is 12.3. The van der Waals surface area contributed by atoms with E-state index in [4.69, 9.17) is 23.2 Å². The maximum absolute atomic E-state index is 13.0. The molecule has 1 fully saturated rings. The van der Waals surface area contributed by atoms with Gasteiger partial charge < -0.3 is 9.80 Å². The van der Waals surface area contributed by atoms with Crippen molar-refractivity contribution < 1.29 is 9.59 Å². The molecule has 1 aliphatic rings. The number of hydrogen-bond acceptors (Lipinski definition) is 2. The minimum Gasteiger partial charge on any atom is -0.325 e. The van der Waals surface area contributed by atoms with Crippen LogP contribution in [0.15, 0.2) is 36.4 Å². The van der Waals surface area contributed by atoms with Gasteiger partial charge in [0.1, 0.15) is 6.04 Å². The van der Waals surface area contributed by atoms with Crippen molar-refractivity contribution in [3.8, 4) is 0 Å². The monoisotopic (exact) mass is 390 g/mol. The van der Waals surface area contributed by atoms with Crippen LogP contribution in [0, 0.1) is 13.8 Å². The molecule has 0 aliphatic carbocycles. The predicted molar refractivity (Wildman–Crippen MR) is 105 cm³/mol. The Balaban J connectivity index is 1.86. The third-order valence-electron chi connectivity index (χ3n) is 4.94. The second-order valence-corrected chi connectivity index (χ2v) is 7.35. The number of amides is 2. The zero-order chi connectivity index (χ0) is 19.0. The molecule has 136 valence electrons. The molecule has 0 radical (unpaired) electrons. The number of anilines is 1. The highest BCUT2D eigenvalue weighted by molar-refractivity contribution is 6.36. The van der Waals surface area contributed by atoms with Crippen molar-refractivity contribution in [2.75, 3.05) is 18.0 Å². The molecule has 0 aromatic heterocycles. The predicted octanol–water partition coefficient (Wildman–Crippen LogP) is 4.49. The standard InChI is InChI=1S/C20H20Cl2N2O2/c1-12-5-4-6-18(13(12)2)24-10-9-23(14(3)19(24)25)20(26)16-8-7-15(21)11-17(16)22/h4-8,11,14H,9-10H2,1-3H3/t14-/m1/s1. The summed E-state index contributed by atoms with van der Waals surface area (Å²) in [7, 11) is 0. The van der Waals surface area contributed by atoms with Crippen molar-refractivity contribution in [2.24, 2.45) is 0 Å². The lowest BCUT2D eigenvalue weighted by atomic mass is 10.0. The molecule has 0 N–H and O–H groups in total. The summed E-state index contributed by atoms with van der Waals surface area (Å²) < 4.78 is 0. The number of nitrogens with zero attached hydrogens (tertiary/aromatic N) is 2. The first-order valence-corrected chi connectivity index (χ1v) is 9.20. The van der Waals surface area contributed by atoms with Crippen molar-refractivity contribution in [2.45, 2.75) is 26.8 Å². The highest BCUT2D eigenvalue weighted by atomic mass is 35.5. The Bertz CT molecular complexity index is 882. The van der Waals surface area contributed by atoms with E-state index in [1.165, 1.54) is 6.07 Å². The molecule has 0 unspecified atom stereocenters. The van der Waals surface area contributed by atoms with Gasteiger partial charge in [0, 0.05) is 23.8 Å². The zero-order valence-electron chi connectivity index (χ0n) is 14.9. The molecule has 1 heterocycles. The van der Waals surface area contributed by atoms with E-state index in [0.29, 0.717) is 28.7 Å². The van der Waals surface area contributed by atoms with Crippen LogP contribution in [-0.2, 0) is 4.79 Å². The highest BCUT2D eigenvalue weighted by Gasteiger charge is 2.36. The summed E-state index contributed by atoms with van der Waals surface area (Å²) in [5.41, 5.74) is 3.47. The average molecular weight is 391 g/mol. The Kier molecular flexibility index (Phi) is 5.26. The maximum Gasteiger partial charge on any atom is 0.256 e. The molecule has 1 atom stereocenters. The molecule has 0 saturated carbocycles. The topological polar surface area (TPSA) is 40.6 Å². The Labute approximate surface area is 163 Å². The van der Waals surface area contributed by atoms with Gasteiger partial charge in [0.25, 0.3) is 5.91 Å². The Morgan fingerprint density at radius 3 is 2.54 bits per heavy atom. The lowest BCUT2D eigenvalue weighted by molar-refractivity contribution is -0.124. The van der Waals surface area contributed by atoms with Crippen LogP contribution in [0.5, 0.6) is 0 Å². The van der Waals surface area contributed by atoms with Gasteiger partial charge in [0.15, 0.2) is 0 Å². The van der Waals surface area contributed by atoms with Gasteiger partial charge in [-0.3, -0.25) is 9.59 Å². The van der Waals surface area contributed by atoms with Gasteiger partial charge in [0.2, 0.25) is 5.91 Å². The number of carbonyl (C=O) groups is 2. The minimum absolute atomic E-state index is 0.0941. The Morgan fingerprint density at radius 2 is 1.85 bits per heavy atom. The van der Waals surface area contributed by atoms with Gasteiger partial charge in [-0.2, -0.15) is 0 Å². The van der Waals surface area contributed by atoms with Gasteiger partial charge >= 0.3 is 0 Å². The number of carbonyl (C=O) groups excluding carboxylic acids is 2. The smallest absolute Gasteiger partial charge is 0.256 e. The molecule has 3 rings (SSSR count). The first-order valence-electron chi connectivity index (χ1n) is 8.45. The van der Waals surface area contributed by atoms with Gasteiger partial charge in [-0.1, -0.05) is 35.3 Å². The molecule has 0 bridgehead atoms. The van der Waals surface area contributed by atoms with E-state index in [9.17, 15) is 9.59 Å². The molecule has 2 aromatic carbocycles. The van der Waals surface area contributed by atoms with Crippen LogP contribution in [0.3, 0.4) is 0 Å². The molecule has 1 saturated heterocycles. The van der Waals surface area contributed by atoms with E-state index >= 15 is 0 Å². The molecule has 4 nitrogen and oxygen atoms in total. The van der Waals surface area contributed by atoms with E-state index < -0.39 is 6.04 Å². The molecular formula is C20H20Cl2N2O2. The number of halogens is 2. The fraction of sp³-hybridized carbons (Fsp3) is 0.300. The molecule has 1 aliphatic heterocycles. The van der Waals surface area contributed by atoms with Crippen molar-refractivity contribution in [1.29, 1.82) is 0 Å². The normalized spacial score (nSPS) is 17.6. The molecule has 6 heteroatoms. The van der Waals surface area contributed by atoms with Crippen LogP contribution in [0.1, 0.15) is 28.4 Å². The minimum atomic E-state index is -0.567. The summed E-state index contributed by atoms with van der Waals surface area (Å²) in [4.78, 5) is 29.2. The number of aryl methyl sites for hydroxylation is 1. The quantitative estimate of drug-likeness (QED) is 0.757. The third-order valence-corrected chi connectivity index (χ3v) is 5.49. The van der Waals surface area contributed by atoms with Crippen LogP contribution < -0.4 is 4.90 Å². The van der Waals surface area contributed by atoms with E-state index in [1.807, 2.05) is 32.0 Å². The average Bonchev–Trinajstić information content (AvgIpc) is 2.59. The lowest BCUT2D eigenvalue weighted by Gasteiger charge is -2.39. The largest absolute Gasteiger partial charge is 0.325 e.